The number of benzene rings is 1. The second kappa shape index (κ2) is 3.74. The molecular formula is C10H10F2O2. The highest BCUT2D eigenvalue weighted by atomic mass is 19.3. The summed E-state index contributed by atoms with van der Waals surface area (Å²) in [6.45, 7) is 0.850. The molecule has 0 aliphatic rings. The fraction of sp³-hybridized carbons (Fsp3) is 0.300. The van der Waals surface area contributed by atoms with Crippen LogP contribution in [0.25, 0.3) is 0 Å². The first-order valence-electron chi connectivity index (χ1n) is 4.08. The number of ketones is 1. The van der Waals surface area contributed by atoms with Crippen LogP contribution >= 0.6 is 0 Å². The highest BCUT2D eigenvalue weighted by Gasteiger charge is 2.34. The van der Waals surface area contributed by atoms with Gasteiger partial charge in [0.15, 0.2) is 5.78 Å². The molecule has 0 aliphatic heterocycles. The topological polar surface area (TPSA) is 37.3 Å². The van der Waals surface area contributed by atoms with E-state index in [1.165, 1.54) is 24.3 Å². The minimum absolute atomic E-state index is 0.0816. The standard InChI is InChI=1S/C10H10F2O2/c1-7(13)10(11,12)6-8-3-2-4-9(14)5-8/h2-5,14H,6H2,1H3. The first-order valence-corrected chi connectivity index (χ1v) is 4.08. The lowest BCUT2D eigenvalue weighted by Crippen LogP contribution is -2.28. The fourth-order valence-corrected chi connectivity index (χ4v) is 1.05. The first-order chi connectivity index (χ1) is 6.42. The maximum Gasteiger partial charge on any atom is 0.308 e. The molecule has 0 saturated heterocycles. The molecule has 4 heteroatoms. The van der Waals surface area contributed by atoms with E-state index in [1.54, 1.807) is 0 Å². The Morgan fingerprint density at radius 1 is 1.50 bits per heavy atom. The molecule has 0 radical (unpaired) electrons. The summed E-state index contributed by atoms with van der Waals surface area (Å²) in [7, 11) is 0. The normalized spacial score (nSPS) is 11.4. The van der Waals surface area contributed by atoms with E-state index in [1.807, 2.05) is 0 Å². The van der Waals surface area contributed by atoms with Crippen LogP contribution < -0.4 is 0 Å². The molecule has 2 nitrogen and oxygen atoms in total. The number of carbonyl (C=O) groups is 1. The van der Waals surface area contributed by atoms with E-state index < -0.39 is 18.1 Å². The van der Waals surface area contributed by atoms with Crippen molar-refractivity contribution in [1.29, 1.82) is 0 Å². The van der Waals surface area contributed by atoms with E-state index in [2.05, 4.69) is 0 Å². The van der Waals surface area contributed by atoms with Gasteiger partial charge in [-0.25, -0.2) is 0 Å². The molecule has 0 amide bonds. The van der Waals surface area contributed by atoms with Gasteiger partial charge in [0, 0.05) is 13.3 Å². The number of hydrogen-bond donors (Lipinski definition) is 1. The average molecular weight is 200 g/mol. The van der Waals surface area contributed by atoms with Crippen molar-refractivity contribution in [3.05, 3.63) is 29.8 Å². The van der Waals surface area contributed by atoms with Gasteiger partial charge in [0.05, 0.1) is 0 Å². The quantitative estimate of drug-likeness (QED) is 0.811. The lowest BCUT2D eigenvalue weighted by Gasteiger charge is -2.12. The number of halogens is 2. The van der Waals surface area contributed by atoms with E-state index in [0.29, 0.717) is 0 Å². The van der Waals surface area contributed by atoms with Crippen LogP contribution in [0.2, 0.25) is 0 Å². The molecule has 0 atom stereocenters. The fourth-order valence-electron chi connectivity index (χ4n) is 1.05. The van der Waals surface area contributed by atoms with Crippen molar-refractivity contribution >= 4 is 5.78 Å². The van der Waals surface area contributed by atoms with Gasteiger partial charge < -0.3 is 5.11 Å². The van der Waals surface area contributed by atoms with Gasteiger partial charge in [0.2, 0.25) is 0 Å². The zero-order valence-electron chi connectivity index (χ0n) is 7.63. The molecule has 14 heavy (non-hydrogen) atoms. The van der Waals surface area contributed by atoms with Crippen molar-refractivity contribution < 1.29 is 18.7 Å². The van der Waals surface area contributed by atoms with Crippen molar-refractivity contribution in [3.8, 4) is 5.75 Å². The predicted molar refractivity (Wildman–Crippen MR) is 47.4 cm³/mol. The van der Waals surface area contributed by atoms with Crippen LogP contribution in [-0.4, -0.2) is 16.8 Å². The van der Waals surface area contributed by atoms with E-state index >= 15 is 0 Å². The number of rotatable bonds is 3. The van der Waals surface area contributed by atoms with Gasteiger partial charge in [-0.1, -0.05) is 12.1 Å². The van der Waals surface area contributed by atoms with Crippen LogP contribution in [0.4, 0.5) is 8.78 Å². The zero-order chi connectivity index (χ0) is 10.8. The summed E-state index contributed by atoms with van der Waals surface area (Å²) in [6.07, 6.45) is -0.670. The van der Waals surface area contributed by atoms with E-state index in [4.69, 9.17) is 5.11 Å². The molecule has 1 aromatic carbocycles. The third kappa shape index (κ3) is 2.52. The zero-order valence-corrected chi connectivity index (χ0v) is 7.63. The summed E-state index contributed by atoms with van der Waals surface area (Å²) >= 11 is 0. The molecule has 0 bridgehead atoms. The summed E-state index contributed by atoms with van der Waals surface area (Å²) < 4.78 is 25.9. The van der Waals surface area contributed by atoms with E-state index in [-0.39, 0.29) is 11.3 Å². The number of aromatic hydroxyl groups is 1. The third-order valence-corrected chi connectivity index (χ3v) is 1.85. The van der Waals surface area contributed by atoms with Crippen molar-refractivity contribution in [2.45, 2.75) is 19.3 Å². The van der Waals surface area contributed by atoms with Crippen LogP contribution in [-0.2, 0) is 11.2 Å². The molecule has 1 aromatic rings. The van der Waals surface area contributed by atoms with Gasteiger partial charge in [-0.2, -0.15) is 8.78 Å². The molecule has 0 aliphatic carbocycles. The minimum Gasteiger partial charge on any atom is -0.508 e. The summed E-state index contributed by atoms with van der Waals surface area (Å²) in [6, 6.07) is 5.50. The Morgan fingerprint density at radius 2 is 2.14 bits per heavy atom. The highest BCUT2D eigenvalue weighted by Crippen LogP contribution is 2.22. The van der Waals surface area contributed by atoms with Crippen LogP contribution in [0, 0.1) is 0 Å². The van der Waals surface area contributed by atoms with Gasteiger partial charge in [-0.05, 0) is 17.7 Å². The Hall–Kier alpha value is -1.45. The molecule has 0 spiro atoms. The van der Waals surface area contributed by atoms with Crippen LogP contribution in [0.3, 0.4) is 0 Å². The van der Waals surface area contributed by atoms with Crippen molar-refractivity contribution in [2.24, 2.45) is 0 Å². The Kier molecular flexibility index (Phi) is 2.84. The van der Waals surface area contributed by atoms with Crippen molar-refractivity contribution in [2.75, 3.05) is 0 Å². The number of phenolic OH excluding ortho intramolecular Hbond substituents is 1. The van der Waals surface area contributed by atoms with Gasteiger partial charge in [-0.3, -0.25) is 4.79 Å². The highest BCUT2D eigenvalue weighted by molar-refractivity contribution is 5.83. The molecule has 0 aromatic heterocycles. The number of phenols is 1. The van der Waals surface area contributed by atoms with Crippen LogP contribution in [0.15, 0.2) is 24.3 Å². The summed E-state index contributed by atoms with van der Waals surface area (Å²) in [5.74, 6) is -4.60. The van der Waals surface area contributed by atoms with Gasteiger partial charge in [-0.15, -0.1) is 0 Å². The lowest BCUT2D eigenvalue weighted by atomic mass is 10.0. The first kappa shape index (κ1) is 10.6. The van der Waals surface area contributed by atoms with Gasteiger partial charge in [0.1, 0.15) is 5.75 Å². The van der Waals surface area contributed by atoms with Crippen molar-refractivity contribution in [1.82, 2.24) is 0 Å². The largest absolute Gasteiger partial charge is 0.508 e. The number of carbonyl (C=O) groups excluding carboxylic acids is 1. The molecule has 1 N–H and O–H groups in total. The molecule has 0 fully saturated rings. The maximum absolute atomic E-state index is 12.9. The predicted octanol–water partition coefficient (Wildman–Crippen LogP) is 2.16. The summed E-state index contributed by atoms with van der Waals surface area (Å²) in [4.78, 5) is 10.5. The Balaban J connectivity index is 2.83. The van der Waals surface area contributed by atoms with Crippen LogP contribution in [0.1, 0.15) is 12.5 Å². The minimum atomic E-state index is -3.35. The molecule has 0 saturated carbocycles. The monoisotopic (exact) mass is 200 g/mol. The average Bonchev–Trinajstić information content (AvgIpc) is 2.02. The number of hydrogen-bond acceptors (Lipinski definition) is 2. The Morgan fingerprint density at radius 3 is 2.64 bits per heavy atom. The van der Waals surface area contributed by atoms with Crippen LogP contribution in [0.5, 0.6) is 5.75 Å². The third-order valence-electron chi connectivity index (χ3n) is 1.85. The summed E-state index contributed by atoms with van der Waals surface area (Å²) in [5, 5.41) is 9.02. The molecule has 1 rings (SSSR count). The lowest BCUT2D eigenvalue weighted by molar-refractivity contribution is -0.140. The second-order valence-electron chi connectivity index (χ2n) is 3.11. The molecule has 76 valence electrons. The summed E-state index contributed by atoms with van der Waals surface area (Å²) in [5.41, 5.74) is 0.241. The van der Waals surface area contributed by atoms with E-state index in [9.17, 15) is 13.6 Å². The number of Topliss-reactive ketones (excluding diaryl/α,β-unsaturated/α-hetero) is 1. The Bertz CT molecular complexity index is 348. The smallest absolute Gasteiger partial charge is 0.308 e. The molecule has 0 heterocycles. The second-order valence-corrected chi connectivity index (χ2v) is 3.11. The molecule has 0 unspecified atom stereocenters. The number of alkyl halides is 2. The van der Waals surface area contributed by atoms with Gasteiger partial charge >= 0.3 is 5.92 Å². The molecular weight excluding hydrogens is 190 g/mol. The Labute approximate surface area is 80.2 Å². The SMILES string of the molecule is CC(=O)C(F)(F)Cc1cccc(O)c1. The van der Waals surface area contributed by atoms with E-state index in [0.717, 1.165) is 6.92 Å². The van der Waals surface area contributed by atoms with Crippen molar-refractivity contribution in [3.63, 3.8) is 0 Å². The van der Waals surface area contributed by atoms with Gasteiger partial charge in [0.25, 0.3) is 0 Å². The maximum atomic E-state index is 12.9.